The van der Waals surface area contributed by atoms with Gasteiger partial charge in [0, 0.05) is 48.4 Å². The monoisotopic (exact) mass is 431 g/mol. The standard InChI is InChI=1S/C23H25N7O2/c1-14-10-26-17-6-5-15(11-30(14)17)18-19(16-4-3-8-25-16)29-21(24)20(28-18)22(31)27-12-23(2)7-9-32-13-23/h3-6,8,10-11,25H,7,9,12-13H2,1-2H3,(H2,24,29)(H,27,31). The Bertz CT molecular complexity index is 1290. The van der Waals surface area contributed by atoms with Crippen LogP contribution in [0.15, 0.2) is 42.9 Å². The van der Waals surface area contributed by atoms with E-state index in [1.165, 1.54) is 0 Å². The lowest BCUT2D eigenvalue weighted by atomic mass is 9.90. The van der Waals surface area contributed by atoms with Crippen LogP contribution in [0.1, 0.15) is 29.5 Å². The largest absolute Gasteiger partial charge is 0.382 e. The highest BCUT2D eigenvalue weighted by molar-refractivity contribution is 5.98. The first-order valence-electron chi connectivity index (χ1n) is 10.5. The number of carbonyl (C=O) groups excluding carboxylic acids is 1. The molecule has 0 saturated carbocycles. The first kappa shape index (κ1) is 20.2. The minimum absolute atomic E-state index is 0.0866. The van der Waals surface area contributed by atoms with Crippen molar-refractivity contribution in [2.75, 3.05) is 25.5 Å². The Morgan fingerprint density at radius 3 is 2.94 bits per heavy atom. The molecule has 32 heavy (non-hydrogen) atoms. The highest BCUT2D eigenvalue weighted by Crippen LogP contribution is 2.31. The molecule has 1 atom stereocenters. The number of pyridine rings is 1. The summed E-state index contributed by atoms with van der Waals surface area (Å²) in [6.07, 6.45) is 6.47. The molecule has 0 spiro atoms. The van der Waals surface area contributed by atoms with Crippen LogP contribution in [0.4, 0.5) is 5.82 Å². The SMILES string of the molecule is Cc1cnc2ccc(-c3nc(C(=O)NCC4(C)CCOC4)c(N)nc3-c3ccc[nH]3)cn12. The van der Waals surface area contributed by atoms with Crippen molar-refractivity contribution in [3.63, 3.8) is 0 Å². The zero-order chi connectivity index (χ0) is 22.3. The van der Waals surface area contributed by atoms with Gasteiger partial charge in [0.1, 0.15) is 17.0 Å². The Labute approximate surface area is 185 Å². The van der Waals surface area contributed by atoms with Crippen molar-refractivity contribution in [1.82, 2.24) is 29.7 Å². The predicted octanol–water partition coefficient (Wildman–Crippen LogP) is 2.83. The molecule has 9 nitrogen and oxygen atoms in total. The molecule has 1 aliphatic rings. The zero-order valence-corrected chi connectivity index (χ0v) is 18.1. The third kappa shape index (κ3) is 3.60. The van der Waals surface area contributed by atoms with E-state index in [2.05, 4.69) is 27.2 Å². The minimum atomic E-state index is -0.345. The second kappa shape index (κ2) is 7.76. The summed E-state index contributed by atoms with van der Waals surface area (Å²) in [4.78, 5) is 29.8. The molecule has 0 aliphatic carbocycles. The van der Waals surface area contributed by atoms with Gasteiger partial charge in [-0.05, 0) is 37.6 Å². The Kier molecular flexibility index (Phi) is 4.90. The quantitative estimate of drug-likeness (QED) is 0.446. The number of imidazole rings is 1. The van der Waals surface area contributed by atoms with Crippen molar-refractivity contribution in [2.45, 2.75) is 20.3 Å². The van der Waals surface area contributed by atoms with Gasteiger partial charge in [0.05, 0.1) is 12.3 Å². The van der Waals surface area contributed by atoms with Gasteiger partial charge in [-0.25, -0.2) is 15.0 Å². The molecule has 1 amide bonds. The maximum Gasteiger partial charge on any atom is 0.273 e. The van der Waals surface area contributed by atoms with Crippen molar-refractivity contribution in [3.8, 4) is 22.6 Å². The van der Waals surface area contributed by atoms with Crippen LogP contribution in [0, 0.1) is 12.3 Å². The lowest BCUT2D eigenvalue weighted by molar-refractivity contribution is 0.0920. The van der Waals surface area contributed by atoms with E-state index in [9.17, 15) is 4.79 Å². The lowest BCUT2D eigenvalue weighted by Gasteiger charge is -2.22. The van der Waals surface area contributed by atoms with Gasteiger partial charge in [-0.15, -0.1) is 0 Å². The van der Waals surface area contributed by atoms with Crippen LogP contribution in [0.2, 0.25) is 0 Å². The number of carbonyl (C=O) groups is 1. The molecule has 4 N–H and O–H groups in total. The fourth-order valence-corrected chi connectivity index (χ4v) is 3.95. The number of nitrogens with two attached hydrogens (primary N) is 1. The number of nitrogens with zero attached hydrogens (tertiary/aromatic N) is 4. The fraction of sp³-hybridized carbons (Fsp3) is 0.304. The number of H-pyrrole nitrogens is 1. The Morgan fingerprint density at radius 2 is 2.19 bits per heavy atom. The molecule has 0 radical (unpaired) electrons. The molecule has 164 valence electrons. The van der Waals surface area contributed by atoms with Gasteiger partial charge in [-0.1, -0.05) is 6.92 Å². The molecular formula is C23H25N7O2. The van der Waals surface area contributed by atoms with E-state index in [1.807, 2.05) is 54.2 Å². The van der Waals surface area contributed by atoms with E-state index in [0.29, 0.717) is 31.1 Å². The number of rotatable bonds is 5. The van der Waals surface area contributed by atoms with E-state index >= 15 is 0 Å². The summed E-state index contributed by atoms with van der Waals surface area (Å²) in [6.45, 7) is 5.89. The topological polar surface area (TPSA) is 123 Å². The number of aromatic amines is 1. The smallest absolute Gasteiger partial charge is 0.273 e. The summed E-state index contributed by atoms with van der Waals surface area (Å²) in [7, 11) is 0. The predicted molar refractivity (Wildman–Crippen MR) is 121 cm³/mol. The van der Waals surface area contributed by atoms with Crippen molar-refractivity contribution in [3.05, 3.63) is 54.2 Å². The number of aryl methyl sites for hydroxylation is 1. The number of nitrogens with one attached hydrogen (secondary N) is 2. The Balaban J connectivity index is 1.57. The molecule has 1 saturated heterocycles. The minimum Gasteiger partial charge on any atom is -0.382 e. The van der Waals surface area contributed by atoms with Crippen LogP contribution in [0.3, 0.4) is 0 Å². The van der Waals surface area contributed by atoms with Crippen LogP contribution in [-0.4, -0.2) is 50.0 Å². The van der Waals surface area contributed by atoms with Gasteiger partial charge in [0.25, 0.3) is 5.91 Å². The molecule has 4 aromatic rings. The van der Waals surface area contributed by atoms with Crippen molar-refractivity contribution in [2.24, 2.45) is 5.41 Å². The molecule has 5 rings (SSSR count). The Hall–Kier alpha value is -3.72. The summed E-state index contributed by atoms with van der Waals surface area (Å²) in [5, 5.41) is 2.97. The average molecular weight is 432 g/mol. The number of nitrogen functional groups attached to an aromatic ring is 1. The third-order valence-corrected chi connectivity index (χ3v) is 5.93. The number of amides is 1. The Morgan fingerprint density at radius 1 is 1.31 bits per heavy atom. The molecule has 0 aromatic carbocycles. The summed E-state index contributed by atoms with van der Waals surface area (Å²) < 4.78 is 7.46. The number of aromatic nitrogens is 5. The van der Waals surface area contributed by atoms with Crippen molar-refractivity contribution >= 4 is 17.4 Å². The number of anilines is 1. The van der Waals surface area contributed by atoms with E-state index in [1.54, 1.807) is 0 Å². The first-order valence-corrected chi connectivity index (χ1v) is 10.5. The highest BCUT2D eigenvalue weighted by atomic mass is 16.5. The van der Waals surface area contributed by atoms with Crippen LogP contribution in [-0.2, 0) is 4.74 Å². The molecule has 0 bridgehead atoms. The number of fused-ring (bicyclic) bond motifs is 1. The first-order chi connectivity index (χ1) is 15.4. The molecule has 1 fully saturated rings. The number of ether oxygens (including phenoxy) is 1. The van der Waals surface area contributed by atoms with Crippen LogP contribution < -0.4 is 11.1 Å². The second-order valence-corrected chi connectivity index (χ2v) is 8.58. The normalized spacial score (nSPS) is 18.3. The molecule has 1 unspecified atom stereocenters. The van der Waals surface area contributed by atoms with Gasteiger partial charge in [0.2, 0.25) is 0 Å². The summed E-state index contributed by atoms with van der Waals surface area (Å²) in [5.41, 5.74) is 10.8. The van der Waals surface area contributed by atoms with Crippen LogP contribution >= 0.6 is 0 Å². The fourth-order valence-electron chi connectivity index (χ4n) is 3.95. The van der Waals surface area contributed by atoms with E-state index < -0.39 is 0 Å². The van der Waals surface area contributed by atoms with E-state index in [0.717, 1.165) is 29.0 Å². The molecule has 5 heterocycles. The maximum absolute atomic E-state index is 13.0. The van der Waals surface area contributed by atoms with Gasteiger partial charge >= 0.3 is 0 Å². The van der Waals surface area contributed by atoms with Gasteiger partial charge in [-0.3, -0.25) is 4.79 Å². The van der Waals surface area contributed by atoms with E-state index in [4.69, 9.17) is 15.5 Å². The maximum atomic E-state index is 13.0. The third-order valence-electron chi connectivity index (χ3n) is 5.93. The van der Waals surface area contributed by atoms with Crippen LogP contribution in [0.5, 0.6) is 0 Å². The van der Waals surface area contributed by atoms with Crippen LogP contribution in [0.25, 0.3) is 28.3 Å². The van der Waals surface area contributed by atoms with E-state index in [-0.39, 0.29) is 22.8 Å². The highest BCUT2D eigenvalue weighted by Gasteiger charge is 2.31. The van der Waals surface area contributed by atoms with Gasteiger partial charge < -0.3 is 25.2 Å². The average Bonchev–Trinajstić information content (AvgIpc) is 3.54. The summed E-state index contributed by atoms with van der Waals surface area (Å²) in [6, 6.07) is 7.62. The molecule has 9 heteroatoms. The van der Waals surface area contributed by atoms with Crippen molar-refractivity contribution < 1.29 is 9.53 Å². The zero-order valence-electron chi connectivity index (χ0n) is 18.1. The molecular weight excluding hydrogens is 406 g/mol. The lowest BCUT2D eigenvalue weighted by Crippen LogP contribution is -2.37. The molecule has 4 aromatic heterocycles. The number of hydrogen-bond donors (Lipinski definition) is 3. The van der Waals surface area contributed by atoms with Crippen molar-refractivity contribution in [1.29, 1.82) is 0 Å². The van der Waals surface area contributed by atoms with Gasteiger partial charge in [0.15, 0.2) is 11.5 Å². The molecule has 1 aliphatic heterocycles. The number of hydrogen-bond acceptors (Lipinski definition) is 6. The summed E-state index contributed by atoms with van der Waals surface area (Å²) in [5.74, 6) is -0.258. The second-order valence-electron chi connectivity index (χ2n) is 8.58. The summed E-state index contributed by atoms with van der Waals surface area (Å²) >= 11 is 0. The van der Waals surface area contributed by atoms with Gasteiger partial charge in [-0.2, -0.15) is 0 Å².